The molecule has 1 saturated heterocycles. The van der Waals surface area contributed by atoms with Gasteiger partial charge in [-0.25, -0.2) is 0 Å². The zero-order chi connectivity index (χ0) is 9.84. The Bertz CT molecular complexity index is 220. The van der Waals surface area contributed by atoms with Crippen molar-refractivity contribution in [3.8, 4) is 0 Å². The molecule has 2 atom stereocenters. The van der Waals surface area contributed by atoms with E-state index in [4.69, 9.17) is 16.7 Å². The number of carbonyl (C=O) groups excluding carboxylic acids is 1. The molecule has 3 N–H and O–H groups in total. The molecule has 0 aliphatic carbocycles. The van der Waals surface area contributed by atoms with E-state index >= 15 is 0 Å². The summed E-state index contributed by atoms with van der Waals surface area (Å²) in [5, 5.41) is 15.0. The average Bonchev–Trinajstić information content (AvgIpc) is 2.47. The van der Waals surface area contributed by atoms with Crippen LogP contribution < -0.4 is 10.6 Å². The van der Waals surface area contributed by atoms with Crippen molar-refractivity contribution in [3.63, 3.8) is 0 Å². The second-order valence-electron chi connectivity index (χ2n) is 3.09. The first-order valence-corrected chi connectivity index (χ1v) is 4.50. The standard InChI is InChI=1S/C8H13ClN2O2/c1-5(9)3-11-8(13)7-2-6(12)4-10-7/h6-7,10,12H,1-4H2,(H,11,13)/t6-,7+/m0/s1. The van der Waals surface area contributed by atoms with Gasteiger partial charge in [-0.05, 0) is 6.42 Å². The summed E-state index contributed by atoms with van der Waals surface area (Å²) in [6.07, 6.45) is 0.0376. The maximum absolute atomic E-state index is 11.3. The third-order valence-corrected chi connectivity index (χ3v) is 2.01. The predicted octanol–water partition coefficient (Wildman–Crippen LogP) is -0.422. The SMILES string of the molecule is C=C(Cl)CNC(=O)[C@H]1C[C@H](O)CN1. The molecule has 0 aromatic heterocycles. The summed E-state index contributed by atoms with van der Waals surface area (Å²) in [5.74, 6) is -0.140. The van der Waals surface area contributed by atoms with Crippen LogP contribution in [-0.2, 0) is 4.79 Å². The Morgan fingerprint density at radius 2 is 2.46 bits per heavy atom. The Hall–Kier alpha value is -0.580. The van der Waals surface area contributed by atoms with Gasteiger partial charge in [0.2, 0.25) is 5.91 Å². The summed E-state index contributed by atoms with van der Waals surface area (Å²) in [6, 6.07) is -0.300. The lowest BCUT2D eigenvalue weighted by Gasteiger charge is -2.09. The van der Waals surface area contributed by atoms with Crippen LogP contribution in [0.4, 0.5) is 0 Å². The molecule has 4 nitrogen and oxygen atoms in total. The number of hydrogen-bond donors (Lipinski definition) is 3. The quantitative estimate of drug-likeness (QED) is 0.585. The summed E-state index contributed by atoms with van der Waals surface area (Å²) in [4.78, 5) is 11.3. The van der Waals surface area contributed by atoms with Gasteiger partial charge in [-0.15, -0.1) is 0 Å². The number of amides is 1. The molecule has 5 heteroatoms. The molecule has 0 unspecified atom stereocenters. The van der Waals surface area contributed by atoms with Gasteiger partial charge in [0.05, 0.1) is 18.7 Å². The molecular formula is C8H13ClN2O2. The van der Waals surface area contributed by atoms with Crippen LogP contribution in [0.2, 0.25) is 0 Å². The minimum atomic E-state index is -0.421. The van der Waals surface area contributed by atoms with Gasteiger partial charge in [-0.1, -0.05) is 18.2 Å². The summed E-state index contributed by atoms with van der Waals surface area (Å²) >= 11 is 5.48. The van der Waals surface area contributed by atoms with Crippen LogP contribution in [0.5, 0.6) is 0 Å². The number of carbonyl (C=O) groups is 1. The lowest BCUT2D eigenvalue weighted by atomic mass is 10.2. The van der Waals surface area contributed by atoms with E-state index in [1.165, 1.54) is 0 Å². The zero-order valence-corrected chi connectivity index (χ0v) is 7.97. The predicted molar refractivity (Wildman–Crippen MR) is 50.4 cm³/mol. The van der Waals surface area contributed by atoms with Crippen LogP contribution in [-0.4, -0.2) is 36.2 Å². The van der Waals surface area contributed by atoms with Crippen LogP contribution in [0.3, 0.4) is 0 Å². The monoisotopic (exact) mass is 204 g/mol. The topological polar surface area (TPSA) is 61.4 Å². The van der Waals surface area contributed by atoms with Gasteiger partial charge in [0.1, 0.15) is 0 Å². The van der Waals surface area contributed by atoms with Gasteiger partial charge in [0, 0.05) is 11.6 Å². The van der Waals surface area contributed by atoms with Crippen molar-refractivity contribution in [1.29, 1.82) is 0 Å². The van der Waals surface area contributed by atoms with Crippen molar-refractivity contribution in [2.24, 2.45) is 0 Å². The summed E-state index contributed by atoms with van der Waals surface area (Å²) in [7, 11) is 0. The van der Waals surface area contributed by atoms with Gasteiger partial charge in [-0.2, -0.15) is 0 Å². The number of nitrogens with one attached hydrogen (secondary N) is 2. The van der Waals surface area contributed by atoms with Gasteiger partial charge < -0.3 is 15.7 Å². The van der Waals surface area contributed by atoms with Gasteiger partial charge >= 0.3 is 0 Å². The zero-order valence-electron chi connectivity index (χ0n) is 7.22. The van der Waals surface area contributed by atoms with Crippen molar-refractivity contribution in [2.45, 2.75) is 18.6 Å². The maximum Gasteiger partial charge on any atom is 0.237 e. The number of aliphatic hydroxyl groups is 1. The second kappa shape index (κ2) is 4.60. The molecule has 1 aliphatic heterocycles. The van der Waals surface area contributed by atoms with E-state index in [1.807, 2.05) is 0 Å². The van der Waals surface area contributed by atoms with E-state index < -0.39 is 6.10 Å². The summed E-state index contributed by atoms with van der Waals surface area (Å²) in [6.45, 7) is 4.19. The fourth-order valence-electron chi connectivity index (χ4n) is 1.22. The Morgan fingerprint density at radius 3 is 2.92 bits per heavy atom. The molecule has 0 saturated carbocycles. The van der Waals surface area contributed by atoms with Crippen LogP contribution in [0.1, 0.15) is 6.42 Å². The minimum absolute atomic E-state index is 0.140. The van der Waals surface area contributed by atoms with Gasteiger partial charge in [0.15, 0.2) is 0 Å². The van der Waals surface area contributed by atoms with Crippen LogP contribution in [0.25, 0.3) is 0 Å². The van der Waals surface area contributed by atoms with Crippen LogP contribution in [0, 0.1) is 0 Å². The first kappa shape index (κ1) is 10.5. The smallest absolute Gasteiger partial charge is 0.237 e. The Kier molecular flexibility index (Phi) is 3.71. The number of β-amino-alcohol motifs (C(OH)–C–C–N with tert-alkyl or cyclic N) is 1. The highest BCUT2D eigenvalue weighted by molar-refractivity contribution is 6.29. The van der Waals surface area contributed by atoms with Crippen molar-refractivity contribution in [2.75, 3.05) is 13.1 Å². The van der Waals surface area contributed by atoms with E-state index in [9.17, 15) is 4.79 Å². The number of halogens is 1. The first-order chi connectivity index (χ1) is 6.09. The van der Waals surface area contributed by atoms with E-state index in [1.54, 1.807) is 0 Å². The summed E-state index contributed by atoms with van der Waals surface area (Å²) < 4.78 is 0. The van der Waals surface area contributed by atoms with Crippen molar-refractivity contribution < 1.29 is 9.90 Å². The Labute approximate surface area is 82.0 Å². The third kappa shape index (κ3) is 3.34. The Balaban J connectivity index is 2.27. The molecule has 0 radical (unpaired) electrons. The molecule has 0 aromatic carbocycles. The van der Waals surface area contributed by atoms with Crippen LogP contribution >= 0.6 is 11.6 Å². The molecule has 1 heterocycles. The highest BCUT2D eigenvalue weighted by Gasteiger charge is 2.27. The number of hydrogen-bond acceptors (Lipinski definition) is 3. The molecule has 0 aromatic rings. The molecule has 13 heavy (non-hydrogen) atoms. The van der Waals surface area contributed by atoms with Crippen molar-refractivity contribution >= 4 is 17.5 Å². The minimum Gasteiger partial charge on any atom is -0.392 e. The lowest BCUT2D eigenvalue weighted by Crippen LogP contribution is -2.40. The van der Waals surface area contributed by atoms with E-state index in [0.29, 0.717) is 18.0 Å². The van der Waals surface area contributed by atoms with Gasteiger partial charge in [0.25, 0.3) is 0 Å². The average molecular weight is 205 g/mol. The molecule has 0 spiro atoms. The highest BCUT2D eigenvalue weighted by Crippen LogP contribution is 2.06. The molecule has 1 rings (SSSR count). The largest absolute Gasteiger partial charge is 0.392 e. The van der Waals surface area contributed by atoms with E-state index in [0.717, 1.165) is 0 Å². The second-order valence-corrected chi connectivity index (χ2v) is 3.62. The molecule has 0 bridgehead atoms. The van der Waals surface area contributed by atoms with E-state index in [2.05, 4.69) is 17.2 Å². The fraction of sp³-hybridized carbons (Fsp3) is 0.625. The maximum atomic E-state index is 11.3. The first-order valence-electron chi connectivity index (χ1n) is 4.12. The van der Waals surface area contributed by atoms with Crippen molar-refractivity contribution in [3.05, 3.63) is 11.6 Å². The van der Waals surface area contributed by atoms with Crippen molar-refractivity contribution in [1.82, 2.24) is 10.6 Å². The molecule has 74 valence electrons. The highest BCUT2D eigenvalue weighted by atomic mass is 35.5. The molecule has 1 fully saturated rings. The number of rotatable bonds is 3. The molecule has 1 aliphatic rings. The fourth-order valence-corrected chi connectivity index (χ4v) is 1.29. The molecule has 1 amide bonds. The van der Waals surface area contributed by atoms with E-state index in [-0.39, 0.29) is 18.5 Å². The molecular weight excluding hydrogens is 192 g/mol. The Morgan fingerprint density at radius 1 is 1.77 bits per heavy atom. The third-order valence-electron chi connectivity index (χ3n) is 1.88. The number of aliphatic hydroxyl groups excluding tert-OH is 1. The van der Waals surface area contributed by atoms with Gasteiger partial charge in [-0.3, -0.25) is 4.79 Å². The van der Waals surface area contributed by atoms with Crippen LogP contribution in [0.15, 0.2) is 11.6 Å². The lowest BCUT2D eigenvalue weighted by molar-refractivity contribution is -0.122. The normalized spacial score (nSPS) is 27.2. The summed E-state index contributed by atoms with van der Waals surface area (Å²) in [5.41, 5.74) is 0.